The van der Waals surface area contributed by atoms with Gasteiger partial charge in [0.15, 0.2) is 11.0 Å². The predicted molar refractivity (Wildman–Crippen MR) is 125 cm³/mol. The average molecular weight is 490 g/mol. The topological polar surface area (TPSA) is 66.8 Å². The minimum absolute atomic E-state index is 0.152. The number of nitrogens with one attached hydrogen (secondary N) is 1. The fourth-order valence-corrected chi connectivity index (χ4v) is 5.88. The molecule has 2 aliphatic rings. The molecule has 2 fully saturated rings. The van der Waals surface area contributed by atoms with E-state index in [1.54, 1.807) is 36.2 Å². The van der Waals surface area contributed by atoms with Crippen LogP contribution in [0.25, 0.3) is 11.4 Å². The predicted octanol–water partition coefficient (Wildman–Crippen LogP) is 4.55. The van der Waals surface area contributed by atoms with E-state index < -0.39 is 11.7 Å². The molecule has 1 saturated carbocycles. The Labute approximate surface area is 199 Å². The van der Waals surface area contributed by atoms with Crippen LogP contribution in [0.1, 0.15) is 36.3 Å². The Hall–Kier alpha value is -2.59. The van der Waals surface area contributed by atoms with Gasteiger partial charge in [-0.25, -0.2) is 0 Å². The summed E-state index contributed by atoms with van der Waals surface area (Å²) in [5.74, 6) is 2.01. The molecule has 6 nitrogen and oxygen atoms in total. The highest BCUT2D eigenvalue weighted by Crippen LogP contribution is 2.64. The minimum atomic E-state index is -4.28. The molecule has 2 atom stereocenters. The highest BCUT2D eigenvalue weighted by atomic mass is 32.2. The van der Waals surface area contributed by atoms with Crippen LogP contribution < -0.4 is 5.56 Å². The highest BCUT2D eigenvalue weighted by Gasteiger charge is 2.57. The number of hydrogen-bond donors (Lipinski definition) is 1. The third-order valence-corrected chi connectivity index (χ3v) is 8.13. The molecule has 0 bridgehead atoms. The van der Waals surface area contributed by atoms with E-state index in [1.807, 2.05) is 11.6 Å². The van der Waals surface area contributed by atoms with Crippen molar-refractivity contribution >= 4 is 11.8 Å². The summed E-state index contributed by atoms with van der Waals surface area (Å²) in [6, 6.07) is 8.94. The number of alkyl halides is 3. The van der Waals surface area contributed by atoms with E-state index in [0.29, 0.717) is 11.7 Å². The van der Waals surface area contributed by atoms with Crippen LogP contribution in [0.15, 0.2) is 52.5 Å². The number of hydrogen-bond acceptors (Lipinski definition) is 5. The first-order valence-electron chi connectivity index (χ1n) is 11.4. The number of halogens is 3. The number of thioether (sulfide) groups is 1. The standard InChI is InChI=1S/C24H26F3N5OS/c1-31-21(17-5-8-20(33)28-14-17)29-30-22(31)34-12-2-10-32-11-9-23(15-32)13-19(23)16-3-6-18(7-4-16)24(25,26)27/h3-8,14,19H,2,9-13,15H2,1H3,(H,28,33). The zero-order valence-electron chi connectivity index (χ0n) is 18.8. The van der Waals surface area contributed by atoms with Crippen LogP contribution in [-0.4, -0.2) is 50.0 Å². The SMILES string of the molecule is Cn1c(SCCCN2CCC3(CC3c3ccc(C(F)(F)F)cc3)C2)nnc1-c1ccc(=O)[nH]c1. The third kappa shape index (κ3) is 4.65. The number of H-pyrrole nitrogens is 1. The number of pyridine rings is 1. The van der Waals surface area contributed by atoms with Crippen LogP contribution in [0, 0.1) is 5.41 Å². The van der Waals surface area contributed by atoms with E-state index in [0.717, 1.165) is 60.9 Å². The van der Waals surface area contributed by atoms with Crippen molar-refractivity contribution in [1.29, 1.82) is 0 Å². The summed E-state index contributed by atoms with van der Waals surface area (Å²) >= 11 is 1.66. The fraction of sp³-hybridized carbons (Fsp3) is 0.458. The molecule has 5 rings (SSSR count). The van der Waals surface area contributed by atoms with Crippen LogP contribution >= 0.6 is 11.8 Å². The molecule has 1 aliphatic carbocycles. The van der Waals surface area contributed by atoms with Crippen molar-refractivity contribution in [3.05, 3.63) is 64.1 Å². The van der Waals surface area contributed by atoms with Gasteiger partial charge < -0.3 is 14.5 Å². The normalized spacial score (nSPS) is 22.5. The van der Waals surface area contributed by atoms with Gasteiger partial charge in [-0.15, -0.1) is 10.2 Å². The van der Waals surface area contributed by atoms with Crippen molar-refractivity contribution in [1.82, 2.24) is 24.6 Å². The molecular weight excluding hydrogens is 463 g/mol. The van der Waals surface area contributed by atoms with Crippen LogP contribution in [0.3, 0.4) is 0 Å². The van der Waals surface area contributed by atoms with Crippen molar-refractivity contribution < 1.29 is 13.2 Å². The molecule has 10 heteroatoms. The molecule has 1 aromatic carbocycles. The monoisotopic (exact) mass is 489 g/mol. The van der Waals surface area contributed by atoms with Gasteiger partial charge in [-0.3, -0.25) is 4.79 Å². The van der Waals surface area contributed by atoms with Gasteiger partial charge in [0, 0.05) is 37.2 Å². The minimum Gasteiger partial charge on any atom is -0.328 e. The summed E-state index contributed by atoms with van der Waals surface area (Å²) in [4.78, 5) is 16.4. The molecule has 1 aliphatic heterocycles. The van der Waals surface area contributed by atoms with Gasteiger partial charge in [0.05, 0.1) is 5.56 Å². The molecule has 2 aromatic heterocycles. The number of likely N-dealkylation sites (tertiary alicyclic amines) is 1. The quantitative estimate of drug-likeness (QED) is 0.390. The number of nitrogens with zero attached hydrogens (tertiary/aromatic N) is 4. The summed E-state index contributed by atoms with van der Waals surface area (Å²) in [5, 5.41) is 9.37. The molecule has 34 heavy (non-hydrogen) atoms. The number of aromatic amines is 1. The Bertz CT molecular complexity index is 1200. The largest absolute Gasteiger partial charge is 0.416 e. The van der Waals surface area contributed by atoms with Gasteiger partial charge >= 0.3 is 6.18 Å². The molecule has 3 heterocycles. The lowest BCUT2D eigenvalue weighted by Gasteiger charge is -2.16. The molecule has 1 saturated heterocycles. The summed E-state index contributed by atoms with van der Waals surface area (Å²) in [6.45, 7) is 3.06. The summed E-state index contributed by atoms with van der Waals surface area (Å²) in [7, 11) is 1.92. The third-order valence-electron chi connectivity index (χ3n) is 7.02. The lowest BCUT2D eigenvalue weighted by Crippen LogP contribution is -2.23. The van der Waals surface area contributed by atoms with Gasteiger partial charge in [0.1, 0.15) is 0 Å². The number of benzene rings is 1. The molecule has 1 N–H and O–H groups in total. The van der Waals surface area contributed by atoms with Gasteiger partial charge in [-0.05, 0) is 67.4 Å². The Morgan fingerprint density at radius 1 is 1.18 bits per heavy atom. The second-order valence-electron chi connectivity index (χ2n) is 9.27. The first-order valence-corrected chi connectivity index (χ1v) is 12.3. The second-order valence-corrected chi connectivity index (χ2v) is 10.3. The Kier molecular flexibility index (Phi) is 6.05. The molecular formula is C24H26F3N5OS. The lowest BCUT2D eigenvalue weighted by molar-refractivity contribution is -0.137. The smallest absolute Gasteiger partial charge is 0.328 e. The zero-order chi connectivity index (χ0) is 23.9. The van der Waals surface area contributed by atoms with E-state index >= 15 is 0 Å². The number of rotatable bonds is 7. The average Bonchev–Trinajstić information content (AvgIpc) is 3.16. The van der Waals surface area contributed by atoms with Crippen LogP contribution in [-0.2, 0) is 13.2 Å². The van der Waals surface area contributed by atoms with Crippen LogP contribution in [0.2, 0.25) is 0 Å². The van der Waals surface area contributed by atoms with Crippen molar-refractivity contribution in [2.75, 3.05) is 25.4 Å². The van der Waals surface area contributed by atoms with Gasteiger partial charge in [0.2, 0.25) is 5.56 Å². The molecule has 2 unspecified atom stereocenters. The van der Waals surface area contributed by atoms with E-state index in [4.69, 9.17) is 0 Å². The number of aromatic nitrogens is 4. The molecule has 0 amide bonds. The van der Waals surface area contributed by atoms with E-state index in [9.17, 15) is 18.0 Å². The molecule has 0 radical (unpaired) electrons. The van der Waals surface area contributed by atoms with E-state index in [2.05, 4.69) is 20.1 Å². The van der Waals surface area contributed by atoms with Crippen molar-refractivity contribution in [2.24, 2.45) is 12.5 Å². The second kappa shape index (κ2) is 8.88. The fourth-order valence-electron chi connectivity index (χ4n) is 5.04. The van der Waals surface area contributed by atoms with E-state index in [-0.39, 0.29) is 11.0 Å². The maximum atomic E-state index is 12.8. The Morgan fingerprint density at radius 2 is 1.97 bits per heavy atom. The van der Waals surface area contributed by atoms with Gasteiger partial charge in [-0.2, -0.15) is 13.2 Å². The zero-order valence-corrected chi connectivity index (χ0v) is 19.6. The lowest BCUT2D eigenvalue weighted by atomic mass is 9.97. The van der Waals surface area contributed by atoms with Gasteiger partial charge in [0.25, 0.3) is 0 Å². The van der Waals surface area contributed by atoms with E-state index in [1.165, 1.54) is 18.2 Å². The van der Waals surface area contributed by atoms with Crippen LogP contribution in [0.4, 0.5) is 13.2 Å². The summed E-state index contributed by atoms with van der Waals surface area (Å²) < 4.78 is 40.4. The maximum absolute atomic E-state index is 12.8. The van der Waals surface area contributed by atoms with Crippen molar-refractivity contribution in [3.8, 4) is 11.4 Å². The maximum Gasteiger partial charge on any atom is 0.416 e. The summed E-state index contributed by atoms with van der Waals surface area (Å²) in [6.07, 6.45) is 0.552. The Balaban J connectivity index is 1.09. The summed E-state index contributed by atoms with van der Waals surface area (Å²) in [5.41, 5.74) is 1.36. The highest BCUT2D eigenvalue weighted by molar-refractivity contribution is 7.99. The van der Waals surface area contributed by atoms with Crippen molar-refractivity contribution in [3.63, 3.8) is 0 Å². The molecule has 1 spiro atoms. The Morgan fingerprint density at radius 3 is 2.68 bits per heavy atom. The first-order chi connectivity index (χ1) is 16.2. The molecule has 180 valence electrons. The van der Waals surface area contributed by atoms with Crippen LogP contribution in [0.5, 0.6) is 0 Å². The first kappa shape index (κ1) is 23.2. The molecule has 3 aromatic rings. The van der Waals surface area contributed by atoms with Gasteiger partial charge in [-0.1, -0.05) is 23.9 Å². The van der Waals surface area contributed by atoms with Crippen molar-refractivity contribution in [2.45, 2.75) is 36.5 Å².